The van der Waals surface area contributed by atoms with E-state index in [1.54, 1.807) is 19.1 Å². The van der Waals surface area contributed by atoms with Crippen molar-refractivity contribution in [3.8, 4) is 0 Å². The topological polar surface area (TPSA) is 223 Å². The maximum absolute atomic E-state index is 13.8. The average molecular weight is 816 g/mol. The Morgan fingerprint density at radius 1 is 0.982 bits per heavy atom. The zero-order chi connectivity index (χ0) is 40.3. The van der Waals surface area contributed by atoms with Gasteiger partial charge in [-0.25, -0.2) is 31.9 Å². The second kappa shape index (κ2) is 19.2. The highest BCUT2D eigenvalue weighted by Gasteiger charge is 2.49. The third-order valence-corrected chi connectivity index (χ3v) is 9.72. The van der Waals surface area contributed by atoms with Crippen molar-refractivity contribution in [1.29, 1.82) is 0 Å². The lowest BCUT2D eigenvalue weighted by atomic mass is 9.94. The molecule has 55 heavy (non-hydrogen) atoms. The Hall–Kier alpha value is -4.82. The average Bonchev–Trinajstić information content (AvgIpc) is 3.64. The summed E-state index contributed by atoms with van der Waals surface area (Å²) in [6.45, 7) is 2.12. The summed E-state index contributed by atoms with van der Waals surface area (Å²) in [5, 5.41) is 19.1. The third-order valence-electron chi connectivity index (χ3n) is 8.34. The number of sulfonamides is 1. The van der Waals surface area contributed by atoms with Gasteiger partial charge in [-0.05, 0) is 69.5 Å². The number of rotatable bonds is 17. The van der Waals surface area contributed by atoms with Crippen LogP contribution in [0.15, 0.2) is 58.0 Å². The van der Waals surface area contributed by atoms with Crippen LogP contribution < -0.4 is 10.5 Å². The molecule has 1 amide bonds. The lowest BCUT2D eigenvalue weighted by Gasteiger charge is -2.47. The highest BCUT2D eigenvalue weighted by atomic mass is 35.5. The summed E-state index contributed by atoms with van der Waals surface area (Å²) in [7, 11) is -4.24. The van der Waals surface area contributed by atoms with Crippen LogP contribution in [-0.4, -0.2) is 81.1 Å². The molecule has 1 aromatic heterocycles. The van der Waals surface area contributed by atoms with Crippen LogP contribution in [0.5, 0.6) is 0 Å². The van der Waals surface area contributed by atoms with Crippen LogP contribution in [0.25, 0.3) is 0 Å². The molecule has 3 aromatic rings. The van der Waals surface area contributed by atoms with Crippen molar-refractivity contribution in [2.75, 3.05) is 31.9 Å². The number of furan rings is 1. The Morgan fingerprint density at radius 2 is 1.64 bits per heavy atom. The molecule has 1 saturated heterocycles. The summed E-state index contributed by atoms with van der Waals surface area (Å²) < 4.78 is 82.7. The molecule has 4 rings (SSSR count). The number of unbranched alkanes of at least 4 members (excludes halogenated alkanes) is 2. The van der Waals surface area contributed by atoms with E-state index < -0.39 is 75.2 Å². The van der Waals surface area contributed by atoms with Gasteiger partial charge >= 0.3 is 24.0 Å². The fraction of sp³-hybridized carbons (Fsp3) is 0.429. The summed E-state index contributed by atoms with van der Waals surface area (Å²) in [4.78, 5) is 50.6. The minimum atomic E-state index is -4.24. The van der Waals surface area contributed by atoms with Gasteiger partial charge in [0.25, 0.3) is 0 Å². The molecule has 2 heterocycles. The molecule has 1 aliphatic rings. The number of hydrogen-bond acceptors (Lipinski definition) is 14. The number of aliphatic hydroxyl groups is 1. The van der Waals surface area contributed by atoms with Crippen LogP contribution >= 0.6 is 11.6 Å². The number of ether oxygens (including phenoxy) is 5. The number of anilines is 1. The molecule has 0 unspecified atom stereocenters. The van der Waals surface area contributed by atoms with Gasteiger partial charge in [-0.2, -0.15) is 0 Å². The van der Waals surface area contributed by atoms with Crippen molar-refractivity contribution in [2.24, 2.45) is 5.14 Å². The Labute approximate surface area is 319 Å². The first-order valence-corrected chi connectivity index (χ1v) is 18.8. The molecule has 0 aliphatic carbocycles. The van der Waals surface area contributed by atoms with E-state index in [1.165, 1.54) is 19.3 Å². The zero-order valence-corrected chi connectivity index (χ0v) is 31.3. The van der Waals surface area contributed by atoms with Crippen molar-refractivity contribution < 1.29 is 69.6 Å². The number of benzene rings is 2. The van der Waals surface area contributed by atoms with E-state index in [0.29, 0.717) is 31.1 Å². The number of nitrogens with zero attached hydrogens (tertiary/aromatic N) is 1. The fourth-order valence-electron chi connectivity index (χ4n) is 5.50. The maximum Gasteiger partial charge on any atom is 0.413 e. The third kappa shape index (κ3) is 11.8. The first-order valence-electron chi connectivity index (χ1n) is 16.9. The van der Waals surface area contributed by atoms with Gasteiger partial charge in [0.1, 0.15) is 22.3 Å². The van der Waals surface area contributed by atoms with Crippen molar-refractivity contribution in [3.63, 3.8) is 0 Å². The van der Waals surface area contributed by atoms with E-state index >= 15 is 0 Å². The molecule has 4 N–H and O–H groups in total. The first-order chi connectivity index (χ1) is 26.0. The van der Waals surface area contributed by atoms with Crippen molar-refractivity contribution in [1.82, 2.24) is 4.90 Å². The van der Waals surface area contributed by atoms with Gasteiger partial charge in [0.05, 0.1) is 73.8 Å². The molecule has 0 bridgehead atoms. The van der Waals surface area contributed by atoms with Gasteiger partial charge in [0.15, 0.2) is 0 Å². The van der Waals surface area contributed by atoms with E-state index in [1.807, 2.05) is 0 Å². The van der Waals surface area contributed by atoms with Gasteiger partial charge < -0.3 is 38.5 Å². The molecule has 16 nitrogen and oxygen atoms in total. The van der Waals surface area contributed by atoms with E-state index in [-0.39, 0.29) is 61.0 Å². The van der Waals surface area contributed by atoms with Gasteiger partial charge in [0.2, 0.25) is 22.6 Å². The van der Waals surface area contributed by atoms with Crippen molar-refractivity contribution in [3.05, 3.63) is 82.3 Å². The molecule has 0 spiro atoms. The normalized spacial score (nSPS) is 18.3. The fourth-order valence-corrected chi connectivity index (χ4v) is 6.60. The van der Waals surface area contributed by atoms with E-state index in [9.17, 15) is 41.5 Å². The highest BCUT2D eigenvalue weighted by molar-refractivity contribution is 7.89. The quantitative estimate of drug-likeness (QED) is 0.0727. The summed E-state index contributed by atoms with van der Waals surface area (Å²) in [5.41, 5.74) is -0.156. The first kappa shape index (κ1) is 42.9. The number of carbonyl (C=O) groups is 4. The second-order valence-electron chi connectivity index (χ2n) is 12.4. The van der Waals surface area contributed by atoms with Crippen LogP contribution in [0.4, 0.5) is 19.3 Å². The number of halogens is 3. The molecule has 1 fully saturated rings. The lowest BCUT2D eigenvalue weighted by molar-refractivity contribution is -0.280. The predicted molar refractivity (Wildman–Crippen MR) is 188 cm³/mol. The SMILES string of the molecule is C[C@@H]1CO[C@@](O)(c2cc(F)cc(F)c2)[C@H](C)N1C(=O)OCOC(=O)CCC(=O)OCCCCCOC(=O)c1cc(S(N)(=O)=O)c(Cl)cc1NCc1ccco1. The summed E-state index contributed by atoms with van der Waals surface area (Å²) in [6.07, 6.45) is 1.03. The molecular formula is C35H40ClF2N3O13S. The van der Waals surface area contributed by atoms with E-state index in [0.717, 1.165) is 23.1 Å². The molecule has 0 radical (unpaired) electrons. The smallest absolute Gasteiger partial charge is 0.413 e. The van der Waals surface area contributed by atoms with Gasteiger partial charge in [-0.1, -0.05) is 11.6 Å². The predicted octanol–water partition coefficient (Wildman–Crippen LogP) is 4.71. The molecule has 2 aromatic carbocycles. The number of primary sulfonamides is 1. The van der Waals surface area contributed by atoms with Crippen molar-refractivity contribution >= 4 is 51.3 Å². The summed E-state index contributed by atoms with van der Waals surface area (Å²) >= 11 is 6.10. The Bertz CT molecular complexity index is 1930. The maximum atomic E-state index is 13.8. The van der Waals surface area contributed by atoms with Gasteiger partial charge in [-0.3, -0.25) is 14.5 Å². The molecular weight excluding hydrogens is 776 g/mol. The number of nitrogens with two attached hydrogens (primary N) is 1. The van der Waals surface area contributed by atoms with Crippen LogP contribution in [0.1, 0.15) is 67.6 Å². The highest BCUT2D eigenvalue weighted by Crippen LogP contribution is 2.36. The van der Waals surface area contributed by atoms with Gasteiger partial charge in [-0.15, -0.1) is 0 Å². The number of amides is 1. The monoisotopic (exact) mass is 815 g/mol. The number of esters is 3. The number of hydrogen-bond donors (Lipinski definition) is 3. The number of carbonyl (C=O) groups excluding carboxylic acids is 4. The summed E-state index contributed by atoms with van der Waals surface area (Å²) in [5.74, 6) is -6.00. The van der Waals surface area contributed by atoms with E-state index in [4.69, 9.17) is 44.8 Å². The molecule has 20 heteroatoms. The minimum absolute atomic E-state index is 0.0136. The number of nitrogens with one attached hydrogen (secondary N) is 1. The minimum Gasteiger partial charge on any atom is -0.467 e. The lowest BCUT2D eigenvalue weighted by Crippen LogP contribution is -2.62. The molecule has 0 saturated carbocycles. The standard InChI is InChI=1S/C35H40ClF2N3O13S/c1-21-19-54-35(46,23-13-24(37)15-25(38)14-23)22(2)41(21)34(45)53-20-52-32(43)9-8-31(42)50-10-4-3-5-11-51-33(44)27-16-30(55(39,47)48)28(36)17-29(27)40-18-26-7-6-12-49-26/h6-7,12-17,21-22,40,46H,3-5,8-11,18-20H2,1-2H3,(H2,39,47,48)/t21-,22+,35-/m1/s1. The van der Waals surface area contributed by atoms with Crippen LogP contribution in [0, 0.1) is 11.6 Å². The molecule has 1 aliphatic heterocycles. The van der Waals surface area contributed by atoms with Crippen LogP contribution in [-0.2, 0) is 55.6 Å². The van der Waals surface area contributed by atoms with Crippen LogP contribution in [0.2, 0.25) is 5.02 Å². The number of morpholine rings is 1. The van der Waals surface area contributed by atoms with Crippen molar-refractivity contribution in [2.45, 2.75) is 75.3 Å². The molecule has 3 atom stereocenters. The van der Waals surface area contributed by atoms with Crippen LogP contribution in [0.3, 0.4) is 0 Å². The van der Waals surface area contributed by atoms with E-state index in [2.05, 4.69) is 5.32 Å². The Balaban J connectivity index is 1.12. The largest absolute Gasteiger partial charge is 0.467 e. The Morgan fingerprint density at radius 3 is 2.27 bits per heavy atom. The van der Waals surface area contributed by atoms with Gasteiger partial charge in [0, 0.05) is 11.6 Å². The molecule has 300 valence electrons. The Kier molecular flexibility index (Phi) is 15.0. The summed E-state index contributed by atoms with van der Waals surface area (Å²) in [6, 6.07) is 6.25. The zero-order valence-electron chi connectivity index (χ0n) is 29.8. The second-order valence-corrected chi connectivity index (χ2v) is 14.3.